The van der Waals surface area contributed by atoms with Gasteiger partial charge in [0.1, 0.15) is 22.4 Å². The third-order valence-electron chi connectivity index (χ3n) is 11.4. The summed E-state index contributed by atoms with van der Waals surface area (Å²) in [6.45, 7) is 0. The first kappa shape index (κ1) is 30.9. The number of hydrogen-bond donors (Lipinski definition) is 0. The van der Waals surface area contributed by atoms with Gasteiger partial charge in [-0.15, -0.1) is 0 Å². The molecule has 9 aromatic carbocycles. The van der Waals surface area contributed by atoms with Gasteiger partial charge in [-0.05, 0) is 77.2 Å². The third kappa shape index (κ3) is 4.53. The van der Waals surface area contributed by atoms with Crippen molar-refractivity contribution in [3.8, 4) is 16.8 Å². The van der Waals surface area contributed by atoms with E-state index in [1.807, 2.05) is 12.1 Å². The molecule has 4 heteroatoms. The molecule has 4 nitrogen and oxygen atoms in total. The van der Waals surface area contributed by atoms with E-state index in [1.165, 1.54) is 32.7 Å². The van der Waals surface area contributed by atoms with E-state index in [9.17, 15) is 0 Å². The van der Waals surface area contributed by atoms with Crippen molar-refractivity contribution in [1.82, 2.24) is 4.57 Å². The Morgan fingerprint density at radius 1 is 0.375 bits per heavy atom. The topological polar surface area (TPSA) is 34.5 Å². The van der Waals surface area contributed by atoms with E-state index in [1.54, 1.807) is 0 Å². The van der Waals surface area contributed by atoms with Crippen LogP contribution < -0.4 is 4.90 Å². The molecule has 0 bridgehead atoms. The van der Waals surface area contributed by atoms with Crippen molar-refractivity contribution < 1.29 is 8.83 Å². The molecule has 0 aliphatic heterocycles. The first-order valence-electron chi connectivity index (χ1n) is 19.0. The van der Waals surface area contributed by atoms with Crippen LogP contribution in [0.15, 0.2) is 203 Å². The molecule has 0 unspecified atom stereocenters. The maximum atomic E-state index is 7.03. The minimum atomic E-state index is 0.819. The van der Waals surface area contributed by atoms with E-state index in [4.69, 9.17) is 8.83 Å². The minimum Gasteiger partial charge on any atom is -0.456 e. The minimum absolute atomic E-state index is 0.819. The fraction of sp³-hybridized carbons (Fsp3) is 0. The molecule has 0 amide bonds. The monoisotopic (exact) mass is 716 g/mol. The molecule has 56 heavy (non-hydrogen) atoms. The SMILES string of the molecule is c1ccc(-c2ccc(N(c3ccc4oc5c(-n6c7ccccc7c7ccccc76)c6c(cc5c4c3)oc3ccccc36)c3cccc4ccccc34)cc2)cc1. The van der Waals surface area contributed by atoms with Crippen molar-refractivity contribution in [2.45, 2.75) is 0 Å². The number of fused-ring (bicyclic) bond motifs is 10. The first-order valence-corrected chi connectivity index (χ1v) is 19.0. The summed E-state index contributed by atoms with van der Waals surface area (Å²) in [7, 11) is 0. The molecular weight excluding hydrogens is 685 g/mol. The lowest BCUT2D eigenvalue weighted by Gasteiger charge is -2.27. The number of rotatable bonds is 5. The molecule has 3 heterocycles. The smallest absolute Gasteiger partial charge is 0.160 e. The van der Waals surface area contributed by atoms with Crippen molar-refractivity contribution in [2.24, 2.45) is 0 Å². The van der Waals surface area contributed by atoms with Crippen LogP contribution in [0, 0.1) is 0 Å². The Labute approximate surface area is 321 Å². The highest BCUT2D eigenvalue weighted by Crippen LogP contribution is 2.47. The van der Waals surface area contributed by atoms with Crippen LogP contribution in [0.3, 0.4) is 0 Å². The molecule has 12 rings (SSSR count). The largest absolute Gasteiger partial charge is 0.456 e. The standard InChI is InChI=1S/C52H32N2O2/c1-2-13-33(14-3-1)34-25-27-36(28-26-34)53(44-23-12-16-35-15-4-5-17-38(35)44)37-29-30-48-42(31-37)43-32-49-50(41-20-8-11-24-47(41)55-49)51(52(43)56-48)54-45-21-9-6-18-39(45)40-19-7-10-22-46(40)54/h1-32H. The Hall–Kier alpha value is -7.56. The van der Waals surface area contributed by atoms with Gasteiger partial charge in [-0.1, -0.05) is 133 Å². The van der Waals surface area contributed by atoms with Crippen molar-refractivity contribution in [2.75, 3.05) is 4.90 Å². The molecule has 0 saturated carbocycles. The van der Waals surface area contributed by atoms with Gasteiger partial charge in [-0.2, -0.15) is 0 Å². The van der Waals surface area contributed by atoms with Crippen LogP contribution in [-0.4, -0.2) is 4.57 Å². The van der Waals surface area contributed by atoms with Crippen LogP contribution in [0.4, 0.5) is 17.1 Å². The average Bonchev–Trinajstić information content (AvgIpc) is 3.93. The van der Waals surface area contributed by atoms with Gasteiger partial charge < -0.3 is 18.3 Å². The Morgan fingerprint density at radius 2 is 0.982 bits per heavy atom. The van der Waals surface area contributed by atoms with E-state index < -0.39 is 0 Å². The summed E-state index contributed by atoms with van der Waals surface area (Å²) in [6.07, 6.45) is 0. The molecule has 0 aliphatic rings. The molecule has 0 fully saturated rings. The predicted molar refractivity (Wildman–Crippen MR) is 233 cm³/mol. The van der Waals surface area contributed by atoms with Gasteiger partial charge >= 0.3 is 0 Å². The highest BCUT2D eigenvalue weighted by atomic mass is 16.3. The summed E-state index contributed by atoms with van der Waals surface area (Å²) in [5, 5.41) is 8.88. The quantitative estimate of drug-likeness (QED) is 0.178. The molecule has 0 aliphatic carbocycles. The maximum absolute atomic E-state index is 7.03. The summed E-state index contributed by atoms with van der Waals surface area (Å²) >= 11 is 0. The summed E-state index contributed by atoms with van der Waals surface area (Å²) in [5.74, 6) is 0. The van der Waals surface area contributed by atoms with E-state index >= 15 is 0 Å². The van der Waals surface area contributed by atoms with E-state index in [-0.39, 0.29) is 0 Å². The van der Waals surface area contributed by atoms with E-state index in [0.29, 0.717) is 0 Å². The fourth-order valence-corrected chi connectivity index (χ4v) is 8.86. The molecular formula is C52H32N2O2. The van der Waals surface area contributed by atoms with Crippen LogP contribution in [0.5, 0.6) is 0 Å². The Bertz CT molecular complexity index is 3420. The fourth-order valence-electron chi connectivity index (χ4n) is 8.86. The zero-order chi connectivity index (χ0) is 36.7. The zero-order valence-electron chi connectivity index (χ0n) is 30.2. The number of hydrogen-bond acceptors (Lipinski definition) is 3. The van der Waals surface area contributed by atoms with Crippen LogP contribution >= 0.6 is 0 Å². The zero-order valence-corrected chi connectivity index (χ0v) is 30.2. The second-order valence-electron chi connectivity index (χ2n) is 14.5. The van der Waals surface area contributed by atoms with Gasteiger partial charge in [0.15, 0.2) is 5.58 Å². The highest BCUT2D eigenvalue weighted by molar-refractivity contribution is 6.23. The Kier molecular flexibility index (Phi) is 6.60. The van der Waals surface area contributed by atoms with Crippen LogP contribution in [-0.2, 0) is 0 Å². The molecule has 3 aromatic heterocycles. The number of para-hydroxylation sites is 3. The normalized spacial score (nSPS) is 11.9. The van der Waals surface area contributed by atoms with Crippen molar-refractivity contribution in [1.29, 1.82) is 0 Å². The number of benzene rings is 9. The predicted octanol–water partition coefficient (Wildman–Crippen LogP) is 14.9. The van der Waals surface area contributed by atoms with Crippen LogP contribution in [0.25, 0.3) is 93.3 Å². The summed E-state index contributed by atoms with van der Waals surface area (Å²) in [4.78, 5) is 2.36. The molecule has 0 spiro atoms. The third-order valence-corrected chi connectivity index (χ3v) is 11.4. The summed E-state index contributed by atoms with van der Waals surface area (Å²) < 4.78 is 16.1. The molecule has 12 aromatic rings. The Balaban J connectivity index is 1.15. The van der Waals surface area contributed by atoms with Gasteiger partial charge in [0, 0.05) is 43.7 Å². The number of furan rings is 2. The van der Waals surface area contributed by atoms with E-state index in [2.05, 4.69) is 191 Å². The first-order chi connectivity index (χ1) is 27.8. The molecule has 0 N–H and O–H groups in total. The second kappa shape index (κ2) is 12.0. The van der Waals surface area contributed by atoms with Crippen LogP contribution in [0.2, 0.25) is 0 Å². The highest BCUT2D eigenvalue weighted by Gasteiger charge is 2.25. The van der Waals surface area contributed by atoms with Crippen molar-refractivity contribution >= 4 is 93.5 Å². The maximum Gasteiger partial charge on any atom is 0.160 e. The van der Waals surface area contributed by atoms with E-state index in [0.717, 1.165) is 77.7 Å². The molecule has 0 saturated heterocycles. The van der Waals surface area contributed by atoms with Crippen LogP contribution in [0.1, 0.15) is 0 Å². The van der Waals surface area contributed by atoms with Gasteiger partial charge in [0.2, 0.25) is 0 Å². The van der Waals surface area contributed by atoms with Crippen molar-refractivity contribution in [3.05, 3.63) is 194 Å². The Morgan fingerprint density at radius 3 is 1.77 bits per heavy atom. The summed E-state index contributed by atoms with van der Waals surface area (Å²) in [6, 6.07) is 68.9. The second-order valence-corrected chi connectivity index (χ2v) is 14.5. The lowest BCUT2D eigenvalue weighted by atomic mass is 10.0. The van der Waals surface area contributed by atoms with Gasteiger partial charge in [0.25, 0.3) is 0 Å². The number of anilines is 3. The molecule has 0 radical (unpaired) electrons. The lowest BCUT2D eigenvalue weighted by molar-refractivity contribution is 0.662. The van der Waals surface area contributed by atoms with Gasteiger partial charge in [0.05, 0.1) is 22.1 Å². The number of aromatic nitrogens is 1. The number of nitrogens with zero attached hydrogens (tertiary/aromatic N) is 2. The van der Waals surface area contributed by atoms with Gasteiger partial charge in [-0.25, -0.2) is 0 Å². The van der Waals surface area contributed by atoms with Crippen molar-refractivity contribution in [3.63, 3.8) is 0 Å². The summed E-state index contributed by atoms with van der Waals surface area (Å²) in [5.41, 5.74) is 12.1. The van der Waals surface area contributed by atoms with Gasteiger partial charge in [-0.3, -0.25) is 0 Å². The average molecular weight is 717 g/mol. The molecule has 262 valence electrons. The molecule has 0 atom stereocenters. The lowest BCUT2D eigenvalue weighted by Crippen LogP contribution is -2.10.